The lowest BCUT2D eigenvalue weighted by Gasteiger charge is -2.09. The molecular formula is C23H19F2N5O3S. The van der Waals surface area contributed by atoms with Crippen LogP contribution in [0.25, 0.3) is 21.5 Å². The predicted octanol–water partition coefficient (Wildman–Crippen LogP) is 4.83. The Morgan fingerprint density at radius 3 is 2.82 bits per heavy atom. The minimum Gasteiger partial charge on any atom is -0.492 e. The van der Waals surface area contributed by atoms with Crippen LogP contribution >= 0.6 is 11.3 Å². The number of aromatic carboxylic acids is 1. The fraction of sp³-hybridized carbons (Fsp3) is 0.217. The number of fused-ring (bicyclic) bond motifs is 1. The Morgan fingerprint density at radius 2 is 2.12 bits per heavy atom. The van der Waals surface area contributed by atoms with E-state index in [0.717, 1.165) is 11.3 Å². The van der Waals surface area contributed by atoms with Crippen LogP contribution in [0, 0.1) is 30.0 Å². The molecule has 3 aromatic heterocycles. The van der Waals surface area contributed by atoms with Gasteiger partial charge in [0.1, 0.15) is 17.9 Å². The molecule has 0 atom stereocenters. The van der Waals surface area contributed by atoms with Gasteiger partial charge in [0.05, 0.1) is 34.3 Å². The first kappa shape index (κ1) is 23.1. The number of nitrogens with zero attached hydrogens (tertiary/aromatic N) is 4. The number of benzene rings is 1. The molecule has 8 nitrogen and oxygen atoms in total. The zero-order valence-corrected chi connectivity index (χ0v) is 19.0. The average Bonchev–Trinajstić information content (AvgIpc) is 3.35. The lowest BCUT2D eigenvalue weighted by Crippen LogP contribution is -2.13. The number of hydrogen-bond acceptors (Lipinski definition) is 7. The van der Waals surface area contributed by atoms with Crippen LogP contribution in [0.15, 0.2) is 30.6 Å². The van der Waals surface area contributed by atoms with E-state index in [-0.39, 0.29) is 29.1 Å². The SMILES string of the molecule is CCOc1cc(-c2cc(NCCn3c(F)c(F)c4c(C)c(C#N)ccc43)ncn2)sc1C(=O)O. The molecule has 0 fully saturated rings. The Labute approximate surface area is 197 Å². The van der Waals surface area contributed by atoms with Crippen molar-refractivity contribution in [3.8, 4) is 22.4 Å². The van der Waals surface area contributed by atoms with Crippen LogP contribution in [0.2, 0.25) is 0 Å². The van der Waals surface area contributed by atoms with Crippen LogP contribution < -0.4 is 10.1 Å². The highest BCUT2D eigenvalue weighted by molar-refractivity contribution is 7.17. The summed E-state index contributed by atoms with van der Waals surface area (Å²) in [5, 5.41) is 21.7. The van der Waals surface area contributed by atoms with Crippen molar-refractivity contribution in [3.05, 3.63) is 58.4 Å². The molecule has 4 aromatic rings. The molecule has 174 valence electrons. The minimum absolute atomic E-state index is 0.0804. The third kappa shape index (κ3) is 4.15. The number of nitrogens with one attached hydrogen (secondary N) is 1. The second kappa shape index (κ2) is 9.44. The van der Waals surface area contributed by atoms with Gasteiger partial charge < -0.3 is 19.7 Å². The van der Waals surface area contributed by atoms with Crippen LogP contribution in [0.4, 0.5) is 14.6 Å². The van der Waals surface area contributed by atoms with Gasteiger partial charge in [-0.3, -0.25) is 0 Å². The number of halogens is 2. The first-order chi connectivity index (χ1) is 16.3. The predicted molar refractivity (Wildman–Crippen MR) is 123 cm³/mol. The molecule has 3 heterocycles. The first-order valence-electron chi connectivity index (χ1n) is 10.3. The van der Waals surface area contributed by atoms with E-state index in [9.17, 15) is 18.7 Å². The summed E-state index contributed by atoms with van der Waals surface area (Å²) in [4.78, 5) is 20.5. The summed E-state index contributed by atoms with van der Waals surface area (Å²) in [7, 11) is 0. The molecule has 2 N–H and O–H groups in total. The quantitative estimate of drug-likeness (QED) is 0.369. The standard InChI is InChI=1S/C23H19F2N5O3S/c1-3-33-16-9-17(34-21(16)23(31)32)14-8-18(29-11-28-14)27-6-7-30-15-5-4-13(10-26)12(2)19(15)20(24)22(30)25/h4-5,8-9,11H,3,6-7H2,1-2H3,(H,31,32)(H,27,28,29). The Balaban J connectivity index is 1.54. The maximum atomic E-state index is 14.6. The van der Waals surface area contributed by atoms with Gasteiger partial charge in [-0.25, -0.2) is 19.2 Å². The fourth-order valence-electron chi connectivity index (χ4n) is 3.66. The van der Waals surface area contributed by atoms with Crippen molar-refractivity contribution in [2.24, 2.45) is 0 Å². The molecule has 11 heteroatoms. The molecule has 4 rings (SSSR count). The van der Waals surface area contributed by atoms with Gasteiger partial charge >= 0.3 is 5.97 Å². The van der Waals surface area contributed by atoms with Crippen molar-refractivity contribution in [2.45, 2.75) is 20.4 Å². The van der Waals surface area contributed by atoms with Gasteiger partial charge in [-0.05, 0) is 31.5 Å². The number of rotatable bonds is 8. The van der Waals surface area contributed by atoms with E-state index in [4.69, 9.17) is 10.00 Å². The molecule has 0 spiro atoms. The highest BCUT2D eigenvalue weighted by atomic mass is 32.1. The molecule has 0 saturated carbocycles. The van der Waals surface area contributed by atoms with Crippen LogP contribution in [-0.4, -0.2) is 38.8 Å². The van der Waals surface area contributed by atoms with Crippen LogP contribution in [-0.2, 0) is 6.54 Å². The molecule has 34 heavy (non-hydrogen) atoms. The average molecular weight is 484 g/mol. The number of carbonyl (C=O) groups is 1. The molecule has 0 amide bonds. The van der Waals surface area contributed by atoms with Crippen molar-refractivity contribution < 1.29 is 23.4 Å². The molecule has 1 aromatic carbocycles. The number of carboxylic acids is 1. The summed E-state index contributed by atoms with van der Waals surface area (Å²) in [5.74, 6) is -2.35. The van der Waals surface area contributed by atoms with E-state index in [2.05, 4.69) is 15.3 Å². The molecule has 0 unspecified atom stereocenters. The molecule has 0 bridgehead atoms. The summed E-state index contributed by atoms with van der Waals surface area (Å²) < 4.78 is 35.7. The second-order valence-corrected chi connectivity index (χ2v) is 8.31. The lowest BCUT2D eigenvalue weighted by molar-refractivity contribution is 0.0698. The van der Waals surface area contributed by atoms with Crippen molar-refractivity contribution in [3.63, 3.8) is 0 Å². The molecule has 0 radical (unpaired) electrons. The van der Waals surface area contributed by atoms with Gasteiger partial charge in [0.15, 0.2) is 10.7 Å². The summed E-state index contributed by atoms with van der Waals surface area (Å²) in [6, 6.07) is 8.31. The highest BCUT2D eigenvalue weighted by Gasteiger charge is 2.21. The van der Waals surface area contributed by atoms with E-state index in [1.54, 1.807) is 32.0 Å². The Kier molecular flexibility index (Phi) is 6.43. The Morgan fingerprint density at radius 1 is 1.32 bits per heavy atom. The summed E-state index contributed by atoms with van der Waals surface area (Å²) in [5.41, 5.74) is 1.55. The smallest absolute Gasteiger partial charge is 0.349 e. The van der Waals surface area contributed by atoms with Gasteiger partial charge in [-0.15, -0.1) is 11.3 Å². The number of hydrogen-bond donors (Lipinski definition) is 2. The van der Waals surface area contributed by atoms with Crippen molar-refractivity contribution in [1.82, 2.24) is 14.5 Å². The van der Waals surface area contributed by atoms with Gasteiger partial charge in [0.25, 0.3) is 0 Å². The van der Waals surface area contributed by atoms with Crippen LogP contribution in [0.1, 0.15) is 27.7 Å². The number of thiophene rings is 1. The number of aryl methyl sites for hydroxylation is 1. The maximum absolute atomic E-state index is 14.6. The second-order valence-electron chi connectivity index (χ2n) is 7.26. The molecule has 0 aliphatic heterocycles. The van der Waals surface area contributed by atoms with Gasteiger partial charge in [0, 0.05) is 30.6 Å². The van der Waals surface area contributed by atoms with E-state index in [1.807, 2.05) is 6.07 Å². The number of aromatic nitrogens is 3. The third-order valence-electron chi connectivity index (χ3n) is 5.24. The van der Waals surface area contributed by atoms with Gasteiger partial charge in [-0.2, -0.15) is 9.65 Å². The first-order valence-corrected chi connectivity index (χ1v) is 11.1. The summed E-state index contributed by atoms with van der Waals surface area (Å²) in [6.45, 7) is 4.02. The summed E-state index contributed by atoms with van der Waals surface area (Å²) >= 11 is 1.04. The highest BCUT2D eigenvalue weighted by Crippen LogP contribution is 2.36. The molecule has 0 aliphatic carbocycles. The zero-order chi connectivity index (χ0) is 24.4. The molecular weight excluding hydrogens is 464 g/mol. The lowest BCUT2D eigenvalue weighted by atomic mass is 10.1. The minimum atomic E-state index is -1.09. The van der Waals surface area contributed by atoms with E-state index in [0.29, 0.717) is 39.6 Å². The van der Waals surface area contributed by atoms with E-state index < -0.39 is 17.7 Å². The largest absolute Gasteiger partial charge is 0.492 e. The number of ether oxygens (including phenoxy) is 1. The van der Waals surface area contributed by atoms with Crippen molar-refractivity contribution in [1.29, 1.82) is 5.26 Å². The van der Waals surface area contributed by atoms with Crippen molar-refractivity contribution >= 4 is 34.0 Å². The molecule has 0 aliphatic rings. The Hall–Kier alpha value is -4.04. The van der Waals surface area contributed by atoms with Gasteiger partial charge in [-0.1, -0.05) is 0 Å². The molecule has 0 saturated heterocycles. The number of carboxylic acid groups (broad SMARTS) is 1. The van der Waals surface area contributed by atoms with Crippen molar-refractivity contribution in [2.75, 3.05) is 18.5 Å². The van der Waals surface area contributed by atoms with E-state index in [1.165, 1.54) is 17.0 Å². The normalized spacial score (nSPS) is 10.9. The van der Waals surface area contributed by atoms with Crippen LogP contribution in [0.5, 0.6) is 5.75 Å². The topological polar surface area (TPSA) is 113 Å². The van der Waals surface area contributed by atoms with E-state index >= 15 is 0 Å². The maximum Gasteiger partial charge on any atom is 0.349 e. The van der Waals surface area contributed by atoms with Gasteiger partial charge in [0.2, 0.25) is 5.95 Å². The Bertz CT molecular complexity index is 1440. The summed E-state index contributed by atoms with van der Waals surface area (Å²) in [6.07, 6.45) is 1.33. The fourth-order valence-corrected chi connectivity index (χ4v) is 4.57. The number of nitriles is 1. The van der Waals surface area contributed by atoms with Crippen LogP contribution in [0.3, 0.4) is 0 Å². The third-order valence-corrected chi connectivity index (χ3v) is 6.37. The zero-order valence-electron chi connectivity index (χ0n) is 18.2. The monoisotopic (exact) mass is 483 g/mol. The number of anilines is 1.